The molecule has 0 bridgehead atoms. The van der Waals surface area contributed by atoms with Gasteiger partial charge in [0.25, 0.3) is 0 Å². The van der Waals surface area contributed by atoms with Gasteiger partial charge in [0.1, 0.15) is 0 Å². The van der Waals surface area contributed by atoms with E-state index >= 15 is 0 Å². The van der Waals surface area contributed by atoms with Crippen molar-refractivity contribution in [2.24, 2.45) is 0 Å². The first-order valence-corrected chi connectivity index (χ1v) is 5.92. The second-order valence-electron chi connectivity index (χ2n) is 2.57. The normalized spacial score (nSPS) is 8.29. The number of nitrogens with zero attached hydrogens (tertiary/aromatic N) is 3. The fourth-order valence-corrected chi connectivity index (χ4v) is 1.10. The summed E-state index contributed by atoms with van der Waals surface area (Å²) in [5.41, 5.74) is 1.97. The number of tetrazole rings is 1. The zero-order chi connectivity index (χ0) is 13.1. The van der Waals surface area contributed by atoms with Crippen LogP contribution in [0.5, 0.6) is 0 Å². The highest BCUT2D eigenvalue weighted by molar-refractivity contribution is 5.61. The number of benzene rings is 1. The van der Waals surface area contributed by atoms with Crippen molar-refractivity contribution in [2.45, 2.75) is 27.7 Å². The van der Waals surface area contributed by atoms with E-state index in [1.54, 1.807) is 0 Å². The number of rotatable bonds is 2. The molecule has 5 heteroatoms. The molecule has 1 aromatic heterocycles. The van der Waals surface area contributed by atoms with Crippen LogP contribution >= 0.6 is 0 Å². The monoisotopic (exact) mass is 235 g/mol. The van der Waals surface area contributed by atoms with E-state index in [0.717, 1.165) is 11.3 Å². The van der Waals surface area contributed by atoms with E-state index in [1.807, 2.05) is 59.0 Å². The van der Waals surface area contributed by atoms with Crippen molar-refractivity contribution < 1.29 is 0 Å². The van der Waals surface area contributed by atoms with Gasteiger partial charge in [0.2, 0.25) is 5.82 Å². The van der Waals surface area contributed by atoms with Gasteiger partial charge in [-0.05, 0) is 17.3 Å². The molecule has 94 valence electrons. The molecule has 0 saturated carbocycles. The molecular weight excluding hydrogens is 214 g/mol. The molecule has 2 N–H and O–H groups in total. The largest absolute Gasteiger partial charge is 0.388 e. The summed E-state index contributed by atoms with van der Waals surface area (Å²) in [7, 11) is 1.87. The van der Waals surface area contributed by atoms with Crippen LogP contribution < -0.4 is 5.32 Å². The summed E-state index contributed by atoms with van der Waals surface area (Å²) in [5.74, 6) is 0.608. The Kier molecular flexibility index (Phi) is 8.28. The van der Waals surface area contributed by atoms with Crippen molar-refractivity contribution in [2.75, 3.05) is 12.4 Å². The number of nitrogens with one attached hydrogen (secondary N) is 2. The standard InChI is InChI=1S/C8H9N5.2C2H6/c1-9-7-4-2-3-6(5-7)8-10-12-13-11-8;2*1-2/h2-5,9H,1H3,(H,10,11,12,13);2*1-2H3. The predicted molar refractivity (Wildman–Crippen MR) is 71.9 cm³/mol. The molecule has 0 saturated heterocycles. The molecule has 0 aliphatic heterocycles. The Morgan fingerprint density at radius 3 is 2.35 bits per heavy atom. The van der Waals surface area contributed by atoms with Gasteiger partial charge in [-0.25, -0.2) is 0 Å². The third kappa shape index (κ3) is 4.63. The van der Waals surface area contributed by atoms with Gasteiger partial charge in [0.05, 0.1) is 0 Å². The minimum Gasteiger partial charge on any atom is -0.388 e. The average Bonchev–Trinajstić information content (AvgIpc) is 2.97. The molecule has 0 atom stereocenters. The Hall–Kier alpha value is -1.91. The van der Waals surface area contributed by atoms with Gasteiger partial charge in [-0.3, -0.25) is 0 Å². The predicted octanol–water partition coefficient (Wildman–Crippen LogP) is 2.96. The van der Waals surface area contributed by atoms with E-state index in [1.165, 1.54) is 0 Å². The second kappa shape index (κ2) is 9.33. The van der Waals surface area contributed by atoms with Crippen LogP contribution in [0.3, 0.4) is 0 Å². The van der Waals surface area contributed by atoms with Crippen molar-refractivity contribution >= 4 is 5.69 Å². The van der Waals surface area contributed by atoms with Crippen LogP contribution in [0.25, 0.3) is 11.4 Å². The Labute approximate surface area is 103 Å². The quantitative estimate of drug-likeness (QED) is 0.839. The Balaban J connectivity index is 0.000000581. The number of aromatic amines is 1. The highest BCUT2D eigenvalue weighted by Gasteiger charge is 2.01. The van der Waals surface area contributed by atoms with E-state index in [4.69, 9.17) is 0 Å². The molecule has 2 aromatic rings. The molecule has 0 unspecified atom stereocenters. The van der Waals surface area contributed by atoms with Gasteiger partial charge < -0.3 is 5.32 Å². The van der Waals surface area contributed by atoms with E-state index < -0.39 is 0 Å². The lowest BCUT2D eigenvalue weighted by Crippen LogP contribution is -1.88. The van der Waals surface area contributed by atoms with Gasteiger partial charge in [-0.1, -0.05) is 39.8 Å². The lowest BCUT2D eigenvalue weighted by atomic mass is 10.2. The fraction of sp³-hybridized carbons (Fsp3) is 0.417. The maximum atomic E-state index is 3.89. The molecule has 17 heavy (non-hydrogen) atoms. The summed E-state index contributed by atoms with van der Waals surface area (Å²) in [6, 6.07) is 7.82. The van der Waals surface area contributed by atoms with Gasteiger partial charge in [-0.2, -0.15) is 5.21 Å². The van der Waals surface area contributed by atoms with Crippen molar-refractivity contribution in [3.05, 3.63) is 24.3 Å². The maximum absolute atomic E-state index is 3.89. The number of hydrogen-bond acceptors (Lipinski definition) is 4. The van der Waals surface area contributed by atoms with Gasteiger partial charge in [0, 0.05) is 18.3 Å². The smallest absolute Gasteiger partial charge is 0.204 e. The SMILES string of the molecule is CC.CC.CNc1cccc(-c2nn[nH]n2)c1. The first kappa shape index (κ1) is 15.1. The fourth-order valence-electron chi connectivity index (χ4n) is 1.10. The van der Waals surface area contributed by atoms with Crippen LogP contribution in [0.4, 0.5) is 5.69 Å². The number of H-pyrrole nitrogens is 1. The molecule has 0 radical (unpaired) electrons. The first-order valence-electron chi connectivity index (χ1n) is 5.92. The third-order valence-electron chi connectivity index (χ3n) is 1.75. The molecule has 5 nitrogen and oxygen atoms in total. The Morgan fingerprint density at radius 2 is 1.82 bits per heavy atom. The van der Waals surface area contributed by atoms with Crippen LogP contribution in [-0.2, 0) is 0 Å². The maximum Gasteiger partial charge on any atom is 0.204 e. The highest BCUT2D eigenvalue weighted by atomic mass is 15.5. The highest BCUT2D eigenvalue weighted by Crippen LogP contribution is 2.17. The molecule has 0 amide bonds. The summed E-state index contributed by atoms with van der Waals surface area (Å²) in [4.78, 5) is 0. The van der Waals surface area contributed by atoms with Gasteiger partial charge in [0.15, 0.2) is 0 Å². The topological polar surface area (TPSA) is 66.5 Å². The minimum absolute atomic E-state index is 0.608. The summed E-state index contributed by atoms with van der Waals surface area (Å²) >= 11 is 0. The lowest BCUT2D eigenvalue weighted by Gasteiger charge is -2.00. The van der Waals surface area contributed by atoms with Crippen LogP contribution in [0.2, 0.25) is 0 Å². The minimum atomic E-state index is 0.608. The molecule has 0 aliphatic carbocycles. The van der Waals surface area contributed by atoms with Crippen molar-refractivity contribution in [1.29, 1.82) is 0 Å². The average molecular weight is 235 g/mol. The number of anilines is 1. The third-order valence-corrected chi connectivity index (χ3v) is 1.75. The lowest BCUT2D eigenvalue weighted by molar-refractivity contribution is 0.881. The van der Waals surface area contributed by atoms with E-state index in [9.17, 15) is 0 Å². The summed E-state index contributed by atoms with van der Waals surface area (Å²) in [5, 5.41) is 16.7. The van der Waals surface area contributed by atoms with Gasteiger partial charge >= 0.3 is 0 Å². The zero-order valence-electron chi connectivity index (χ0n) is 11.2. The molecule has 2 rings (SSSR count). The molecule has 0 aliphatic rings. The summed E-state index contributed by atoms with van der Waals surface area (Å²) in [6.07, 6.45) is 0. The molecule has 1 heterocycles. The van der Waals surface area contributed by atoms with Crippen molar-refractivity contribution in [3.63, 3.8) is 0 Å². The summed E-state index contributed by atoms with van der Waals surface area (Å²) in [6.45, 7) is 8.00. The number of hydrogen-bond donors (Lipinski definition) is 2. The van der Waals surface area contributed by atoms with Crippen LogP contribution in [0.15, 0.2) is 24.3 Å². The zero-order valence-corrected chi connectivity index (χ0v) is 11.2. The Morgan fingerprint density at radius 1 is 1.12 bits per heavy atom. The molecule has 1 aromatic carbocycles. The molecule has 0 fully saturated rings. The van der Waals surface area contributed by atoms with Crippen LogP contribution in [0.1, 0.15) is 27.7 Å². The van der Waals surface area contributed by atoms with Crippen LogP contribution in [-0.4, -0.2) is 27.7 Å². The summed E-state index contributed by atoms with van der Waals surface area (Å²) < 4.78 is 0. The van der Waals surface area contributed by atoms with Crippen LogP contribution in [0, 0.1) is 0 Å². The second-order valence-corrected chi connectivity index (χ2v) is 2.57. The first-order chi connectivity index (χ1) is 8.40. The number of aromatic nitrogens is 4. The van der Waals surface area contributed by atoms with Gasteiger partial charge in [-0.15, -0.1) is 10.2 Å². The van der Waals surface area contributed by atoms with Crippen molar-refractivity contribution in [3.8, 4) is 11.4 Å². The van der Waals surface area contributed by atoms with Crippen molar-refractivity contribution in [1.82, 2.24) is 20.6 Å². The Bertz CT molecular complexity index is 384. The van der Waals surface area contributed by atoms with E-state index in [0.29, 0.717) is 5.82 Å². The molecule has 0 spiro atoms. The van der Waals surface area contributed by atoms with E-state index in [-0.39, 0.29) is 0 Å². The van der Waals surface area contributed by atoms with E-state index in [2.05, 4.69) is 25.9 Å². The molecular formula is C12H21N5.